The summed E-state index contributed by atoms with van der Waals surface area (Å²) in [5, 5.41) is 12.5. The highest BCUT2D eigenvalue weighted by Gasteiger charge is 2.23. The summed E-state index contributed by atoms with van der Waals surface area (Å²) in [4.78, 5) is 20.8. The molecule has 0 unspecified atom stereocenters. The molecule has 104 valence electrons. The van der Waals surface area contributed by atoms with Crippen molar-refractivity contribution in [2.45, 2.75) is 0 Å². The number of thioether (sulfide) groups is 1. The predicted octanol–water partition coefficient (Wildman–Crippen LogP) is 2.68. The Labute approximate surface area is 125 Å². The number of benzene rings is 1. The van der Waals surface area contributed by atoms with E-state index in [4.69, 9.17) is 0 Å². The second-order valence-corrected chi connectivity index (χ2v) is 5.32. The standard InChI is InChI=1S/C15H11N3O2S/c19-12-5-3-10(4-6-12)8-13-14(20)18-15(21-13)17-11-2-1-7-16-9-11/h1-9,19H,(H,17,18,20)/b13-8-. The van der Waals surface area contributed by atoms with E-state index in [1.165, 1.54) is 11.8 Å². The van der Waals surface area contributed by atoms with Crippen LogP contribution < -0.4 is 5.32 Å². The highest BCUT2D eigenvalue weighted by molar-refractivity contribution is 8.18. The molecule has 0 bridgehead atoms. The van der Waals surface area contributed by atoms with E-state index in [0.29, 0.717) is 15.8 Å². The van der Waals surface area contributed by atoms with Crippen molar-refractivity contribution in [3.05, 3.63) is 59.3 Å². The number of phenolic OH excluding ortho intramolecular Hbond substituents is 1. The minimum Gasteiger partial charge on any atom is -0.508 e. The maximum absolute atomic E-state index is 11.9. The lowest BCUT2D eigenvalue weighted by atomic mass is 10.2. The first-order valence-electron chi connectivity index (χ1n) is 6.19. The third-order valence-corrected chi connectivity index (χ3v) is 3.63. The average molecular weight is 297 g/mol. The molecule has 0 atom stereocenters. The normalized spacial score (nSPS) is 18.2. The van der Waals surface area contributed by atoms with Gasteiger partial charge in [-0.15, -0.1) is 0 Å². The number of aromatic hydroxyl groups is 1. The molecule has 3 rings (SSSR count). The lowest BCUT2D eigenvalue weighted by Gasteiger charge is -1.95. The summed E-state index contributed by atoms with van der Waals surface area (Å²) in [5.41, 5.74) is 1.53. The van der Waals surface area contributed by atoms with Crippen LogP contribution in [0.1, 0.15) is 5.56 Å². The highest BCUT2D eigenvalue weighted by atomic mass is 32.2. The molecule has 21 heavy (non-hydrogen) atoms. The van der Waals surface area contributed by atoms with E-state index in [0.717, 1.165) is 5.56 Å². The molecule has 1 aliphatic heterocycles. The number of aliphatic imine (C=N–C) groups is 1. The summed E-state index contributed by atoms with van der Waals surface area (Å²) < 4.78 is 0. The van der Waals surface area contributed by atoms with Gasteiger partial charge in [-0.05, 0) is 47.7 Å². The van der Waals surface area contributed by atoms with Crippen molar-refractivity contribution < 1.29 is 9.90 Å². The third kappa shape index (κ3) is 3.29. The molecule has 0 spiro atoms. The van der Waals surface area contributed by atoms with Crippen molar-refractivity contribution in [1.29, 1.82) is 0 Å². The fourth-order valence-electron chi connectivity index (χ4n) is 1.74. The highest BCUT2D eigenvalue weighted by Crippen LogP contribution is 2.28. The van der Waals surface area contributed by atoms with Crippen LogP contribution in [-0.4, -0.2) is 21.2 Å². The Morgan fingerprint density at radius 1 is 1.24 bits per heavy atom. The van der Waals surface area contributed by atoms with Crippen LogP contribution in [0, 0.1) is 0 Å². The number of carbonyl (C=O) groups excluding carboxylic acids is 1. The van der Waals surface area contributed by atoms with Crippen LogP contribution in [0.4, 0.5) is 5.69 Å². The quantitative estimate of drug-likeness (QED) is 0.836. The summed E-state index contributed by atoms with van der Waals surface area (Å²) in [6, 6.07) is 10.2. The maximum atomic E-state index is 11.9. The van der Waals surface area contributed by atoms with Crippen molar-refractivity contribution >= 4 is 34.6 Å². The monoisotopic (exact) mass is 297 g/mol. The van der Waals surface area contributed by atoms with Gasteiger partial charge in [-0.25, -0.2) is 4.99 Å². The number of nitrogens with zero attached hydrogens (tertiary/aromatic N) is 2. The van der Waals surface area contributed by atoms with Crippen molar-refractivity contribution in [2.75, 3.05) is 0 Å². The van der Waals surface area contributed by atoms with Crippen LogP contribution in [0.15, 0.2) is 58.7 Å². The van der Waals surface area contributed by atoms with Gasteiger partial charge in [0.25, 0.3) is 5.91 Å². The van der Waals surface area contributed by atoms with Gasteiger partial charge in [-0.3, -0.25) is 9.78 Å². The largest absolute Gasteiger partial charge is 0.508 e. The van der Waals surface area contributed by atoms with Gasteiger partial charge in [0.2, 0.25) is 0 Å². The van der Waals surface area contributed by atoms with E-state index in [1.807, 2.05) is 6.07 Å². The zero-order valence-electron chi connectivity index (χ0n) is 10.9. The third-order valence-electron chi connectivity index (χ3n) is 2.72. The van der Waals surface area contributed by atoms with Crippen LogP contribution in [0.3, 0.4) is 0 Å². The molecule has 2 N–H and O–H groups in total. The van der Waals surface area contributed by atoms with Crippen molar-refractivity contribution in [3.8, 4) is 5.75 Å². The van der Waals surface area contributed by atoms with Gasteiger partial charge in [0, 0.05) is 6.20 Å². The number of amidine groups is 1. The molecule has 1 amide bonds. The van der Waals surface area contributed by atoms with Gasteiger partial charge in [-0.1, -0.05) is 12.1 Å². The molecule has 1 aromatic carbocycles. The molecule has 1 fully saturated rings. The zero-order chi connectivity index (χ0) is 14.7. The first kappa shape index (κ1) is 13.4. The van der Waals surface area contributed by atoms with Crippen molar-refractivity contribution in [1.82, 2.24) is 10.3 Å². The van der Waals surface area contributed by atoms with E-state index < -0.39 is 0 Å². The number of carbonyl (C=O) groups is 1. The Balaban J connectivity index is 1.82. The van der Waals surface area contributed by atoms with Crippen LogP contribution in [0.2, 0.25) is 0 Å². The Morgan fingerprint density at radius 3 is 2.76 bits per heavy atom. The SMILES string of the molecule is O=C1NC(=Nc2cccnc2)S/C1=C\c1ccc(O)cc1. The predicted molar refractivity (Wildman–Crippen MR) is 83.1 cm³/mol. The Bertz CT molecular complexity index is 724. The molecule has 0 saturated carbocycles. The first-order valence-corrected chi connectivity index (χ1v) is 7.01. The van der Waals surface area contributed by atoms with Gasteiger partial charge < -0.3 is 10.4 Å². The van der Waals surface area contributed by atoms with Gasteiger partial charge >= 0.3 is 0 Å². The topological polar surface area (TPSA) is 74.6 Å². The molecule has 1 aliphatic rings. The maximum Gasteiger partial charge on any atom is 0.264 e. The molecule has 5 nitrogen and oxygen atoms in total. The smallest absolute Gasteiger partial charge is 0.264 e. The number of hydrogen-bond acceptors (Lipinski definition) is 5. The van der Waals surface area contributed by atoms with Gasteiger partial charge in [0.05, 0.1) is 16.8 Å². The van der Waals surface area contributed by atoms with E-state index in [1.54, 1.807) is 48.8 Å². The molecule has 2 aromatic rings. The molecular formula is C15H11N3O2S. The van der Waals surface area contributed by atoms with Gasteiger partial charge in [0.15, 0.2) is 5.17 Å². The average Bonchev–Trinajstić information content (AvgIpc) is 2.82. The molecule has 1 saturated heterocycles. The fraction of sp³-hybridized carbons (Fsp3) is 0. The Kier molecular flexibility index (Phi) is 3.70. The molecule has 6 heteroatoms. The van der Waals surface area contributed by atoms with E-state index in [9.17, 15) is 9.90 Å². The number of hydrogen-bond donors (Lipinski definition) is 2. The number of aromatic nitrogens is 1. The van der Waals surface area contributed by atoms with Crippen LogP contribution in [-0.2, 0) is 4.79 Å². The minimum absolute atomic E-state index is 0.185. The zero-order valence-corrected chi connectivity index (χ0v) is 11.7. The summed E-state index contributed by atoms with van der Waals surface area (Å²) in [6.45, 7) is 0. The van der Waals surface area contributed by atoms with Crippen LogP contribution in [0.25, 0.3) is 6.08 Å². The lowest BCUT2D eigenvalue weighted by molar-refractivity contribution is -0.115. The second-order valence-electron chi connectivity index (χ2n) is 4.28. The summed E-state index contributed by atoms with van der Waals surface area (Å²) >= 11 is 1.27. The molecule has 1 aromatic heterocycles. The molecule has 0 radical (unpaired) electrons. The second kappa shape index (κ2) is 5.80. The summed E-state index contributed by atoms with van der Waals surface area (Å²) in [5.74, 6) is 0.00946. The molecule has 2 heterocycles. The fourth-order valence-corrected chi connectivity index (χ4v) is 2.58. The minimum atomic E-state index is -0.185. The summed E-state index contributed by atoms with van der Waals surface area (Å²) in [7, 11) is 0. The molecular weight excluding hydrogens is 286 g/mol. The number of pyridine rings is 1. The van der Waals surface area contributed by atoms with E-state index in [-0.39, 0.29) is 11.7 Å². The van der Waals surface area contributed by atoms with Crippen LogP contribution >= 0.6 is 11.8 Å². The lowest BCUT2D eigenvalue weighted by Crippen LogP contribution is -2.19. The summed E-state index contributed by atoms with van der Waals surface area (Å²) in [6.07, 6.45) is 5.05. The van der Waals surface area contributed by atoms with E-state index in [2.05, 4.69) is 15.3 Å². The molecule has 0 aliphatic carbocycles. The Hall–Kier alpha value is -2.60. The number of rotatable bonds is 2. The Morgan fingerprint density at radius 2 is 2.05 bits per heavy atom. The van der Waals surface area contributed by atoms with Crippen molar-refractivity contribution in [2.24, 2.45) is 4.99 Å². The number of amides is 1. The number of phenols is 1. The van der Waals surface area contributed by atoms with Crippen molar-refractivity contribution in [3.63, 3.8) is 0 Å². The number of nitrogens with one attached hydrogen (secondary N) is 1. The first-order chi connectivity index (χ1) is 10.2. The van der Waals surface area contributed by atoms with Gasteiger partial charge in [-0.2, -0.15) is 0 Å². The van der Waals surface area contributed by atoms with E-state index >= 15 is 0 Å². The van der Waals surface area contributed by atoms with Gasteiger partial charge in [0.1, 0.15) is 5.75 Å². The van der Waals surface area contributed by atoms with Crippen LogP contribution in [0.5, 0.6) is 5.75 Å².